The van der Waals surface area contributed by atoms with Gasteiger partial charge >= 0.3 is 5.97 Å². The summed E-state index contributed by atoms with van der Waals surface area (Å²) in [6, 6.07) is 16.6. The van der Waals surface area contributed by atoms with E-state index in [0.29, 0.717) is 18.0 Å². The molecule has 2 aromatic rings. The molecule has 0 aromatic heterocycles. The lowest BCUT2D eigenvalue weighted by atomic mass is 10.0. The number of esters is 1. The number of ether oxygens (including phenoxy) is 2. The molecule has 29 heavy (non-hydrogen) atoms. The second-order valence-corrected chi connectivity index (χ2v) is 6.69. The fourth-order valence-corrected chi connectivity index (χ4v) is 2.48. The number of rotatable bonds is 8. The van der Waals surface area contributed by atoms with Crippen LogP contribution >= 0.6 is 0 Å². The van der Waals surface area contributed by atoms with Crippen LogP contribution in [-0.2, 0) is 20.9 Å². The minimum absolute atomic E-state index is 0.162. The summed E-state index contributed by atoms with van der Waals surface area (Å²) in [5.74, 6) is -0.165. The molecular formula is C23H24N2O4. The highest BCUT2D eigenvalue weighted by Gasteiger charge is 2.13. The third kappa shape index (κ3) is 6.82. The summed E-state index contributed by atoms with van der Waals surface area (Å²) in [4.78, 5) is 24.0. The first kappa shape index (κ1) is 21.7. The second-order valence-electron chi connectivity index (χ2n) is 6.69. The summed E-state index contributed by atoms with van der Waals surface area (Å²) in [5, 5.41) is 11.9. The number of hydrogen-bond acceptors (Lipinski definition) is 5. The number of carbonyl (C=O) groups is 2. The summed E-state index contributed by atoms with van der Waals surface area (Å²) in [6.07, 6.45) is 1.45. The van der Waals surface area contributed by atoms with E-state index in [1.807, 2.05) is 42.5 Å². The van der Waals surface area contributed by atoms with Crippen molar-refractivity contribution in [3.63, 3.8) is 0 Å². The fourth-order valence-electron chi connectivity index (χ4n) is 2.48. The largest absolute Gasteiger partial charge is 0.497 e. The molecule has 0 aliphatic carbocycles. The molecular weight excluding hydrogens is 368 g/mol. The van der Waals surface area contributed by atoms with Crippen molar-refractivity contribution < 1.29 is 19.1 Å². The first-order chi connectivity index (χ1) is 13.9. The SMILES string of the molecule is COc1ccc(CNC(=O)COC(=O)/C(C#N)=C/c2ccc(C(C)C)cc2)cc1. The van der Waals surface area contributed by atoms with Crippen LogP contribution in [0, 0.1) is 11.3 Å². The molecule has 0 aliphatic heterocycles. The van der Waals surface area contributed by atoms with Gasteiger partial charge < -0.3 is 14.8 Å². The topological polar surface area (TPSA) is 88.4 Å². The van der Waals surface area contributed by atoms with Gasteiger partial charge in [-0.15, -0.1) is 0 Å². The van der Waals surface area contributed by atoms with Gasteiger partial charge in [0.05, 0.1) is 7.11 Å². The number of hydrogen-bond donors (Lipinski definition) is 1. The summed E-state index contributed by atoms with van der Waals surface area (Å²) in [5.41, 5.74) is 2.60. The molecule has 1 amide bonds. The molecule has 0 saturated carbocycles. The Morgan fingerprint density at radius 1 is 1.10 bits per heavy atom. The van der Waals surface area contributed by atoms with Gasteiger partial charge in [-0.3, -0.25) is 4.79 Å². The molecule has 2 aromatic carbocycles. The summed E-state index contributed by atoms with van der Waals surface area (Å²) in [7, 11) is 1.58. The van der Waals surface area contributed by atoms with Crippen LogP contribution in [0.4, 0.5) is 0 Å². The third-order valence-corrected chi connectivity index (χ3v) is 4.24. The van der Waals surface area contributed by atoms with Gasteiger partial charge in [-0.2, -0.15) is 5.26 Å². The van der Waals surface area contributed by atoms with Crippen molar-refractivity contribution in [1.29, 1.82) is 5.26 Å². The van der Waals surface area contributed by atoms with E-state index in [1.54, 1.807) is 19.2 Å². The molecule has 1 N–H and O–H groups in total. The van der Waals surface area contributed by atoms with Crippen LogP contribution in [0.15, 0.2) is 54.1 Å². The number of nitrogens with one attached hydrogen (secondary N) is 1. The maximum atomic E-state index is 12.1. The Labute approximate surface area is 170 Å². The highest BCUT2D eigenvalue weighted by Crippen LogP contribution is 2.16. The monoisotopic (exact) mass is 392 g/mol. The van der Waals surface area contributed by atoms with Crippen LogP contribution in [0.3, 0.4) is 0 Å². The Hall–Kier alpha value is -3.59. The van der Waals surface area contributed by atoms with Crippen molar-refractivity contribution >= 4 is 18.0 Å². The van der Waals surface area contributed by atoms with Crippen molar-refractivity contribution in [2.75, 3.05) is 13.7 Å². The van der Waals surface area contributed by atoms with Gasteiger partial charge in [-0.05, 0) is 40.8 Å². The molecule has 0 atom stereocenters. The van der Waals surface area contributed by atoms with Gasteiger partial charge in [0.25, 0.3) is 5.91 Å². The molecule has 0 fully saturated rings. The Morgan fingerprint density at radius 2 is 1.76 bits per heavy atom. The Morgan fingerprint density at radius 3 is 2.31 bits per heavy atom. The van der Waals surface area contributed by atoms with Crippen molar-refractivity contribution in [3.8, 4) is 11.8 Å². The average Bonchev–Trinajstić information content (AvgIpc) is 2.74. The lowest BCUT2D eigenvalue weighted by Gasteiger charge is -2.07. The lowest BCUT2D eigenvalue weighted by molar-refractivity contribution is -0.144. The number of amides is 1. The van der Waals surface area contributed by atoms with Crippen LogP contribution in [-0.4, -0.2) is 25.6 Å². The van der Waals surface area contributed by atoms with Crippen LogP contribution in [0.1, 0.15) is 36.5 Å². The molecule has 0 saturated heterocycles. The smallest absolute Gasteiger partial charge is 0.349 e. The van der Waals surface area contributed by atoms with Crippen LogP contribution in [0.25, 0.3) is 6.08 Å². The highest BCUT2D eigenvalue weighted by atomic mass is 16.5. The number of benzene rings is 2. The molecule has 2 rings (SSSR count). The van der Waals surface area contributed by atoms with Crippen molar-refractivity contribution in [3.05, 3.63) is 70.8 Å². The molecule has 0 aliphatic rings. The van der Waals surface area contributed by atoms with Crippen molar-refractivity contribution in [1.82, 2.24) is 5.32 Å². The summed E-state index contributed by atoms with van der Waals surface area (Å²) < 4.78 is 10.0. The molecule has 0 bridgehead atoms. The molecule has 0 radical (unpaired) electrons. The van der Waals surface area contributed by atoms with E-state index in [0.717, 1.165) is 16.9 Å². The molecule has 6 heteroatoms. The Kier molecular flexibility index (Phi) is 7.99. The van der Waals surface area contributed by atoms with Gasteiger partial charge in [-0.25, -0.2) is 4.79 Å². The van der Waals surface area contributed by atoms with Crippen LogP contribution in [0.2, 0.25) is 0 Å². The Balaban J connectivity index is 1.86. The number of nitrogens with zero attached hydrogens (tertiary/aromatic N) is 1. The molecule has 0 unspecified atom stereocenters. The van der Waals surface area contributed by atoms with Crippen LogP contribution < -0.4 is 10.1 Å². The molecule has 6 nitrogen and oxygen atoms in total. The maximum Gasteiger partial charge on any atom is 0.349 e. The number of nitriles is 1. The average molecular weight is 392 g/mol. The number of methoxy groups -OCH3 is 1. The highest BCUT2D eigenvalue weighted by molar-refractivity contribution is 5.98. The predicted molar refractivity (Wildman–Crippen MR) is 110 cm³/mol. The van der Waals surface area contributed by atoms with Gasteiger partial charge in [0.1, 0.15) is 17.4 Å². The molecule has 150 valence electrons. The maximum absolute atomic E-state index is 12.1. The fraction of sp³-hybridized carbons (Fsp3) is 0.261. The van der Waals surface area contributed by atoms with Gasteiger partial charge in [0, 0.05) is 6.54 Å². The molecule has 0 spiro atoms. The first-order valence-electron chi connectivity index (χ1n) is 9.21. The van der Waals surface area contributed by atoms with Gasteiger partial charge in [0.15, 0.2) is 6.61 Å². The quantitative estimate of drug-likeness (QED) is 0.421. The lowest BCUT2D eigenvalue weighted by Crippen LogP contribution is -2.28. The zero-order chi connectivity index (χ0) is 21.2. The first-order valence-corrected chi connectivity index (χ1v) is 9.21. The van der Waals surface area contributed by atoms with Gasteiger partial charge in [0.2, 0.25) is 0 Å². The predicted octanol–water partition coefficient (Wildman–Crippen LogP) is 3.59. The Bertz CT molecular complexity index is 907. The minimum atomic E-state index is -0.833. The summed E-state index contributed by atoms with van der Waals surface area (Å²) in [6.45, 7) is 4.01. The van der Waals surface area contributed by atoms with Crippen LogP contribution in [0.5, 0.6) is 5.75 Å². The van der Waals surface area contributed by atoms with E-state index >= 15 is 0 Å². The summed E-state index contributed by atoms with van der Waals surface area (Å²) >= 11 is 0. The van der Waals surface area contributed by atoms with E-state index in [4.69, 9.17) is 9.47 Å². The third-order valence-electron chi connectivity index (χ3n) is 4.24. The van der Waals surface area contributed by atoms with Gasteiger partial charge in [-0.1, -0.05) is 50.2 Å². The van der Waals surface area contributed by atoms with E-state index in [-0.39, 0.29) is 5.57 Å². The number of carbonyl (C=O) groups excluding carboxylic acids is 2. The standard InChI is InChI=1S/C23H24N2O4/c1-16(2)19-8-4-17(5-9-19)12-20(13-24)23(27)29-15-22(26)25-14-18-6-10-21(28-3)11-7-18/h4-12,16H,14-15H2,1-3H3,(H,25,26)/b20-12+. The zero-order valence-corrected chi connectivity index (χ0v) is 16.8. The normalized spacial score (nSPS) is 10.9. The molecule has 0 heterocycles. The second kappa shape index (κ2) is 10.7. The minimum Gasteiger partial charge on any atom is -0.497 e. The zero-order valence-electron chi connectivity index (χ0n) is 16.8. The van der Waals surface area contributed by atoms with E-state index in [1.165, 1.54) is 6.08 Å². The van der Waals surface area contributed by atoms with E-state index in [9.17, 15) is 14.9 Å². The van der Waals surface area contributed by atoms with E-state index in [2.05, 4.69) is 19.2 Å². The van der Waals surface area contributed by atoms with Crippen molar-refractivity contribution in [2.45, 2.75) is 26.3 Å². The van der Waals surface area contributed by atoms with Crippen molar-refractivity contribution in [2.24, 2.45) is 0 Å². The van der Waals surface area contributed by atoms with E-state index < -0.39 is 18.5 Å².